The van der Waals surface area contributed by atoms with Crippen LogP contribution in [0.4, 0.5) is 4.79 Å². The van der Waals surface area contributed by atoms with Gasteiger partial charge in [-0.2, -0.15) is 9.48 Å². The molecule has 1 atom stereocenters. The summed E-state index contributed by atoms with van der Waals surface area (Å²) in [5.41, 5.74) is 0. The molecule has 23 heavy (non-hydrogen) atoms. The minimum absolute atomic E-state index is 0.141. The number of imide groups is 1. The van der Waals surface area contributed by atoms with Gasteiger partial charge in [-0.15, -0.1) is 16.8 Å². The van der Waals surface area contributed by atoms with E-state index in [0.717, 1.165) is 4.90 Å². The molecular weight excluding hydrogens is 320 g/mol. The summed E-state index contributed by atoms with van der Waals surface area (Å²) in [6, 6.07) is -0.415. The molecule has 124 valence electrons. The van der Waals surface area contributed by atoms with Crippen LogP contribution < -0.4 is 5.32 Å². The molecule has 0 aromatic heterocycles. The third-order valence-electron chi connectivity index (χ3n) is 3.48. The second-order valence-corrected chi connectivity index (χ2v) is 6.06. The molecule has 0 radical (unpaired) electrons. The van der Waals surface area contributed by atoms with E-state index in [4.69, 9.17) is 4.74 Å². The summed E-state index contributed by atoms with van der Waals surface area (Å²) in [7, 11) is 4.58. The fraction of sp³-hybridized carbons (Fsp3) is 0.500. The van der Waals surface area contributed by atoms with Gasteiger partial charge in [-0.1, -0.05) is 0 Å². The van der Waals surface area contributed by atoms with Crippen LogP contribution in [-0.2, 0) is 14.3 Å². The van der Waals surface area contributed by atoms with Crippen LogP contribution in [0.25, 0.3) is 0 Å². The van der Waals surface area contributed by atoms with Crippen LogP contribution in [0.1, 0.15) is 0 Å². The largest absolute Gasteiger partial charge is 0.445 e. The first-order chi connectivity index (χ1) is 11.0. The Hall–Kier alpha value is -2.00. The Kier molecular flexibility index (Phi) is 5.67. The minimum Gasteiger partial charge on any atom is -0.383 e. The van der Waals surface area contributed by atoms with Crippen LogP contribution in [0.2, 0.25) is 0 Å². The number of carbonyl (C=O) groups excluding carboxylic acids is 3. The van der Waals surface area contributed by atoms with Crippen molar-refractivity contribution in [3.8, 4) is 0 Å². The average molecular weight is 339 g/mol. The van der Waals surface area contributed by atoms with Crippen molar-refractivity contribution in [1.82, 2.24) is 10.2 Å². The molecule has 0 bridgehead atoms. The van der Waals surface area contributed by atoms with Crippen LogP contribution in [0, 0.1) is 5.92 Å². The first-order valence-electron chi connectivity index (χ1n) is 7.02. The van der Waals surface area contributed by atoms with Gasteiger partial charge in [0, 0.05) is 18.6 Å². The standard InChI is InChI=1S/C14H18N4O4S/c1-17-12-11(13(20)18(2)14(17)21)9(4-5-16-12)23-8-10(19)15-6-7-22-3/h4-5,11H,6-8H2,1-3H3/p+1. The zero-order valence-electron chi connectivity index (χ0n) is 13.2. The number of aliphatic imine (C=N–C) groups is 1. The molecule has 0 fully saturated rings. The number of methoxy groups -OCH3 is 1. The number of amidine groups is 1. The maximum absolute atomic E-state index is 12.4. The van der Waals surface area contributed by atoms with Gasteiger partial charge < -0.3 is 10.1 Å². The lowest BCUT2D eigenvalue weighted by atomic mass is 10.0. The number of fused-ring (bicyclic) bond motifs is 1. The van der Waals surface area contributed by atoms with Gasteiger partial charge in [0.25, 0.3) is 5.84 Å². The first-order valence-corrected chi connectivity index (χ1v) is 8.00. The van der Waals surface area contributed by atoms with Crippen molar-refractivity contribution < 1.29 is 23.7 Å². The van der Waals surface area contributed by atoms with Crippen molar-refractivity contribution in [3.63, 3.8) is 0 Å². The Morgan fingerprint density at radius 1 is 1.52 bits per heavy atom. The SMILES string of the molecule is COCCNC(=O)CSC1=CC=NC2=[N+](C)C(=O)N(C)C(=O)C12. The summed E-state index contributed by atoms with van der Waals surface area (Å²) in [6.07, 6.45) is 3.25. The molecule has 0 spiro atoms. The Bertz CT molecular complexity index is 626. The maximum atomic E-state index is 12.4. The lowest BCUT2D eigenvalue weighted by Gasteiger charge is -2.26. The number of hydrogen-bond acceptors (Lipinski definition) is 6. The zero-order valence-corrected chi connectivity index (χ0v) is 14.1. The van der Waals surface area contributed by atoms with E-state index in [-0.39, 0.29) is 17.6 Å². The molecule has 9 heteroatoms. The van der Waals surface area contributed by atoms with Crippen LogP contribution in [0.15, 0.2) is 16.0 Å². The number of nitrogens with one attached hydrogen (secondary N) is 1. The van der Waals surface area contributed by atoms with E-state index in [1.54, 1.807) is 26.4 Å². The van der Waals surface area contributed by atoms with Crippen LogP contribution in [-0.4, -0.2) is 79.5 Å². The third kappa shape index (κ3) is 3.67. The predicted molar refractivity (Wildman–Crippen MR) is 86.8 cm³/mol. The second kappa shape index (κ2) is 7.51. The summed E-state index contributed by atoms with van der Waals surface area (Å²) < 4.78 is 6.22. The van der Waals surface area contributed by atoms with Crippen molar-refractivity contribution in [3.05, 3.63) is 11.0 Å². The summed E-state index contributed by atoms with van der Waals surface area (Å²) in [5, 5.41) is 2.72. The molecule has 2 aliphatic rings. The fourth-order valence-electron chi connectivity index (χ4n) is 2.23. The lowest BCUT2D eigenvalue weighted by molar-refractivity contribution is -0.407. The number of allylic oxidation sites excluding steroid dienone is 1. The topological polar surface area (TPSA) is 91.1 Å². The Morgan fingerprint density at radius 2 is 2.26 bits per heavy atom. The highest BCUT2D eigenvalue weighted by Gasteiger charge is 2.47. The van der Waals surface area contributed by atoms with Crippen LogP contribution >= 0.6 is 11.8 Å². The molecule has 1 unspecified atom stereocenters. The van der Waals surface area contributed by atoms with Gasteiger partial charge in [-0.25, -0.2) is 4.79 Å². The molecule has 0 aromatic rings. The zero-order chi connectivity index (χ0) is 17.0. The second-order valence-electron chi connectivity index (χ2n) is 5.01. The van der Waals surface area contributed by atoms with Crippen LogP contribution in [0.3, 0.4) is 0 Å². The van der Waals surface area contributed by atoms with Crippen molar-refractivity contribution in [2.24, 2.45) is 10.9 Å². The number of ether oxygens (including phenoxy) is 1. The highest BCUT2D eigenvalue weighted by molar-refractivity contribution is 8.03. The number of thioether (sulfide) groups is 1. The minimum atomic E-state index is -0.635. The predicted octanol–water partition coefficient (Wildman–Crippen LogP) is -0.300. The Morgan fingerprint density at radius 3 is 2.96 bits per heavy atom. The number of nitrogens with zero attached hydrogens (tertiary/aromatic N) is 3. The van der Waals surface area contributed by atoms with E-state index in [1.165, 1.54) is 23.4 Å². The van der Waals surface area contributed by atoms with Gasteiger partial charge in [0.15, 0.2) is 5.92 Å². The first kappa shape index (κ1) is 17.4. The maximum Gasteiger partial charge on any atom is 0.445 e. The highest BCUT2D eigenvalue weighted by atomic mass is 32.2. The Balaban J connectivity index is 2.07. The van der Waals surface area contributed by atoms with E-state index in [9.17, 15) is 14.4 Å². The molecule has 0 saturated carbocycles. The molecule has 2 aliphatic heterocycles. The number of carbonyl (C=O) groups is 3. The third-order valence-corrected chi connectivity index (χ3v) is 4.59. The number of rotatable bonds is 6. The molecule has 8 nitrogen and oxygen atoms in total. The average Bonchev–Trinajstić information content (AvgIpc) is 2.56. The summed E-state index contributed by atoms with van der Waals surface area (Å²) >= 11 is 1.27. The number of amides is 4. The normalized spacial score (nSPS) is 20.6. The van der Waals surface area contributed by atoms with Crippen molar-refractivity contribution in [2.45, 2.75) is 0 Å². The molecule has 2 heterocycles. The van der Waals surface area contributed by atoms with E-state index in [0.29, 0.717) is 23.9 Å². The van der Waals surface area contributed by atoms with Gasteiger partial charge in [-0.3, -0.25) is 9.59 Å². The van der Waals surface area contributed by atoms with Crippen molar-refractivity contribution in [2.75, 3.05) is 40.1 Å². The summed E-state index contributed by atoms with van der Waals surface area (Å²) in [4.78, 5) is 42.0. The molecule has 0 aliphatic carbocycles. The van der Waals surface area contributed by atoms with Crippen molar-refractivity contribution in [1.29, 1.82) is 0 Å². The van der Waals surface area contributed by atoms with E-state index < -0.39 is 11.9 Å². The molecule has 1 N–H and O–H groups in total. The lowest BCUT2D eigenvalue weighted by Crippen LogP contribution is -2.52. The van der Waals surface area contributed by atoms with Gasteiger partial charge in [0.1, 0.15) is 6.21 Å². The van der Waals surface area contributed by atoms with E-state index in [2.05, 4.69) is 10.3 Å². The smallest absolute Gasteiger partial charge is 0.383 e. The summed E-state index contributed by atoms with van der Waals surface area (Å²) in [5.74, 6) is -0.536. The number of hydrogen-bond donors (Lipinski definition) is 1. The Labute approximate surface area is 138 Å². The monoisotopic (exact) mass is 339 g/mol. The van der Waals surface area contributed by atoms with Gasteiger partial charge in [-0.05, 0) is 6.08 Å². The van der Waals surface area contributed by atoms with Crippen LogP contribution in [0.5, 0.6) is 0 Å². The summed E-state index contributed by atoms with van der Waals surface area (Å²) in [6.45, 7) is 0.888. The molecule has 4 amide bonds. The highest BCUT2D eigenvalue weighted by Crippen LogP contribution is 2.31. The number of dihydropyridines is 1. The molecule has 2 rings (SSSR count). The van der Waals surface area contributed by atoms with E-state index >= 15 is 0 Å². The molecular formula is C14H19N4O4S+. The van der Waals surface area contributed by atoms with Gasteiger partial charge in [0.05, 0.1) is 26.5 Å². The fourth-order valence-corrected chi connectivity index (χ4v) is 3.16. The van der Waals surface area contributed by atoms with E-state index in [1.807, 2.05) is 0 Å². The quantitative estimate of drug-likeness (QED) is 0.530. The number of urea groups is 1. The molecule has 0 saturated heterocycles. The molecule has 0 aromatic carbocycles. The van der Waals surface area contributed by atoms with Gasteiger partial charge >= 0.3 is 11.9 Å². The van der Waals surface area contributed by atoms with Gasteiger partial charge in [0.2, 0.25) is 5.91 Å². The van der Waals surface area contributed by atoms with Crippen molar-refractivity contribution >= 4 is 41.7 Å².